The monoisotopic (exact) mass is 377 g/mol. The third-order valence-corrected chi connectivity index (χ3v) is 4.45. The normalized spacial score (nSPS) is 10.9. The van der Waals surface area contributed by atoms with Gasteiger partial charge < -0.3 is 10.1 Å². The maximum Gasteiger partial charge on any atom is 0.255 e. The zero-order valence-corrected chi connectivity index (χ0v) is 16.7. The van der Waals surface area contributed by atoms with Crippen molar-refractivity contribution in [2.45, 2.75) is 46.4 Å². The Morgan fingerprint density at radius 1 is 1.07 bits per heavy atom. The third kappa shape index (κ3) is 5.00. The smallest absolute Gasteiger partial charge is 0.255 e. The molecule has 28 heavy (non-hydrogen) atoms. The van der Waals surface area contributed by atoms with Crippen LogP contribution in [0.3, 0.4) is 0 Å². The Labute approximate surface area is 166 Å². The fraction of sp³-hybridized carbons (Fsp3) is 0.304. The van der Waals surface area contributed by atoms with E-state index < -0.39 is 0 Å². The van der Waals surface area contributed by atoms with Gasteiger partial charge >= 0.3 is 0 Å². The van der Waals surface area contributed by atoms with Crippen LogP contribution in [0.5, 0.6) is 5.75 Å². The molecule has 0 aliphatic heterocycles. The lowest BCUT2D eigenvalue weighted by atomic mass is 10.1. The number of rotatable bonds is 8. The Kier molecular flexibility index (Phi) is 6.48. The molecule has 0 fully saturated rings. The number of nitrogens with zero attached hydrogens (tertiary/aromatic N) is 2. The van der Waals surface area contributed by atoms with Gasteiger partial charge in [0.1, 0.15) is 5.75 Å². The van der Waals surface area contributed by atoms with Crippen LogP contribution in [0.1, 0.15) is 48.0 Å². The molecule has 0 saturated carbocycles. The van der Waals surface area contributed by atoms with Crippen molar-refractivity contribution in [1.29, 1.82) is 0 Å². The Balaban J connectivity index is 1.64. The van der Waals surface area contributed by atoms with Crippen LogP contribution in [-0.2, 0) is 19.5 Å². The van der Waals surface area contributed by atoms with E-state index in [-0.39, 0.29) is 12.0 Å². The molecular weight excluding hydrogens is 350 g/mol. The average molecular weight is 377 g/mol. The molecule has 1 N–H and O–H groups in total. The minimum atomic E-state index is -0.0985. The minimum Gasteiger partial charge on any atom is -0.491 e. The molecule has 3 rings (SSSR count). The van der Waals surface area contributed by atoms with Gasteiger partial charge in [0.2, 0.25) is 0 Å². The highest BCUT2D eigenvalue weighted by molar-refractivity contribution is 5.95. The van der Waals surface area contributed by atoms with Crippen molar-refractivity contribution in [3.63, 3.8) is 0 Å². The summed E-state index contributed by atoms with van der Waals surface area (Å²) in [5.41, 5.74) is 3.77. The van der Waals surface area contributed by atoms with Gasteiger partial charge in [-0.25, -0.2) is 0 Å². The summed E-state index contributed by atoms with van der Waals surface area (Å²) < 4.78 is 7.55. The van der Waals surface area contributed by atoms with Crippen LogP contribution in [0, 0.1) is 0 Å². The molecule has 0 aliphatic rings. The molecule has 1 aromatic heterocycles. The minimum absolute atomic E-state index is 0.0985. The standard InChI is InChI=1S/C23H27N3O2/c1-4-22-21(15-25-26(22)16-19-8-6-5-7-9-19)23(27)24-14-18-10-12-20(13-11-18)28-17(2)3/h5-13,15,17H,4,14,16H2,1-3H3,(H,24,27). The third-order valence-electron chi connectivity index (χ3n) is 4.45. The van der Waals surface area contributed by atoms with Gasteiger partial charge in [0.05, 0.1) is 30.1 Å². The lowest BCUT2D eigenvalue weighted by molar-refractivity contribution is 0.0950. The van der Waals surface area contributed by atoms with Crippen LogP contribution in [-0.4, -0.2) is 21.8 Å². The van der Waals surface area contributed by atoms with Crippen molar-refractivity contribution in [1.82, 2.24) is 15.1 Å². The van der Waals surface area contributed by atoms with E-state index in [9.17, 15) is 4.79 Å². The van der Waals surface area contributed by atoms with Gasteiger partial charge in [-0.05, 0) is 43.5 Å². The maximum absolute atomic E-state index is 12.7. The fourth-order valence-corrected chi connectivity index (χ4v) is 3.10. The Morgan fingerprint density at radius 3 is 2.43 bits per heavy atom. The number of aromatic nitrogens is 2. The average Bonchev–Trinajstić information content (AvgIpc) is 3.10. The second-order valence-electron chi connectivity index (χ2n) is 6.99. The number of nitrogens with one attached hydrogen (secondary N) is 1. The van der Waals surface area contributed by atoms with Gasteiger partial charge in [-0.3, -0.25) is 9.48 Å². The van der Waals surface area contributed by atoms with Crippen LogP contribution in [0.25, 0.3) is 0 Å². The molecule has 2 aromatic carbocycles. The molecule has 0 radical (unpaired) electrons. The van der Waals surface area contributed by atoms with Crippen molar-refractivity contribution in [2.75, 3.05) is 0 Å². The van der Waals surface area contributed by atoms with E-state index in [1.54, 1.807) is 6.20 Å². The van der Waals surface area contributed by atoms with Gasteiger partial charge in [-0.2, -0.15) is 5.10 Å². The van der Waals surface area contributed by atoms with E-state index in [1.165, 1.54) is 0 Å². The quantitative estimate of drug-likeness (QED) is 0.640. The molecule has 146 valence electrons. The molecule has 5 heteroatoms. The summed E-state index contributed by atoms with van der Waals surface area (Å²) in [6.07, 6.45) is 2.55. The Hall–Kier alpha value is -3.08. The number of hydrogen-bond donors (Lipinski definition) is 1. The van der Waals surface area contributed by atoms with Gasteiger partial charge in [0, 0.05) is 6.54 Å². The van der Waals surface area contributed by atoms with Gasteiger partial charge in [0.25, 0.3) is 5.91 Å². The molecule has 0 saturated heterocycles. The highest BCUT2D eigenvalue weighted by atomic mass is 16.5. The molecular formula is C23H27N3O2. The fourth-order valence-electron chi connectivity index (χ4n) is 3.10. The van der Waals surface area contributed by atoms with Crippen molar-refractivity contribution in [3.05, 3.63) is 83.2 Å². The van der Waals surface area contributed by atoms with E-state index in [2.05, 4.69) is 22.5 Å². The van der Waals surface area contributed by atoms with E-state index in [0.717, 1.165) is 29.0 Å². The zero-order valence-electron chi connectivity index (χ0n) is 16.7. The van der Waals surface area contributed by atoms with Gasteiger partial charge in [0.15, 0.2) is 0 Å². The predicted molar refractivity (Wildman–Crippen MR) is 111 cm³/mol. The molecule has 0 bridgehead atoms. The molecule has 3 aromatic rings. The van der Waals surface area contributed by atoms with Crippen molar-refractivity contribution >= 4 is 5.91 Å². The van der Waals surface area contributed by atoms with Gasteiger partial charge in [-0.1, -0.05) is 49.4 Å². The van der Waals surface area contributed by atoms with E-state index in [0.29, 0.717) is 18.7 Å². The number of benzene rings is 2. The second-order valence-corrected chi connectivity index (χ2v) is 6.99. The van der Waals surface area contributed by atoms with Crippen molar-refractivity contribution in [3.8, 4) is 5.75 Å². The molecule has 0 spiro atoms. The van der Waals surface area contributed by atoms with Crippen LogP contribution < -0.4 is 10.1 Å². The lowest BCUT2D eigenvalue weighted by Gasteiger charge is -2.11. The first kappa shape index (κ1) is 19.7. The van der Waals surface area contributed by atoms with Gasteiger partial charge in [-0.15, -0.1) is 0 Å². The molecule has 5 nitrogen and oxygen atoms in total. The number of amides is 1. The second kappa shape index (κ2) is 9.22. The summed E-state index contributed by atoms with van der Waals surface area (Å²) >= 11 is 0. The van der Waals surface area contributed by atoms with Crippen LogP contribution >= 0.6 is 0 Å². The molecule has 1 amide bonds. The first-order valence-corrected chi connectivity index (χ1v) is 9.69. The van der Waals surface area contributed by atoms with Crippen molar-refractivity contribution in [2.24, 2.45) is 0 Å². The van der Waals surface area contributed by atoms with E-state index in [1.807, 2.05) is 67.9 Å². The predicted octanol–water partition coefficient (Wildman–Crippen LogP) is 4.21. The summed E-state index contributed by atoms with van der Waals surface area (Å²) in [5.74, 6) is 0.735. The van der Waals surface area contributed by atoms with E-state index in [4.69, 9.17) is 4.74 Å². The molecule has 1 heterocycles. The highest BCUT2D eigenvalue weighted by Gasteiger charge is 2.16. The van der Waals surface area contributed by atoms with E-state index >= 15 is 0 Å². The molecule has 0 atom stereocenters. The molecule has 0 aliphatic carbocycles. The summed E-state index contributed by atoms with van der Waals surface area (Å²) in [5, 5.41) is 7.43. The summed E-state index contributed by atoms with van der Waals surface area (Å²) in [7, 11) is 0. The summed E-state index contributed by atoms with van der Waals surface area (Å²) in [4.78, 5) is 12.7. The topological polar surface area (TPSA) is 56.1 Å². The summed E-state index contributed by atoms with van der Waals surface area (Å²) in [6, 6.07) is 17.9. The Morgan fingerprint density at radius 2 is 1.79 bits per heavy atom. The first-order valence-electron chi connectivity index (χ1n) is 9.69. The number of ether oxygens (including phenoxy) is 1. The first-order chi connectivity index (χ1) is 13.6. The van der Waals surface area contributed by atoms with Crippen molar-refractivity contribution < 1.29 is 9.53 Å². The lowest BCUT2D eigenvalue weighted by Crippen LogP contribution is -2.24. The highest BCUT2D eigenvalue weighted by Crippen LogP contribution is 2.15. The zero-order chi connectivity index (χ0) is 19.9. The number of hydrogen-bond acceptors (Lipinski definition) is 3. The van der Waals surface area contributed by atoms with Crippen LogP contribution in [0.15, 0.2) is 60.8 Å². The SMILES string of the molecule is CCc1c(C(=O)NCc2ccc(OC(C)C)cc2)cnn1Cc1ccccc1. The largest absolute Gasteiger partial charge is 0.491 e. The van der Waals surface area contributed by atoms with Crippen LogP contribution in [0.2, 0.25) is 0 Å². The van der Waals surface area contributed by atoms with Crippen LogP contribution in [0.4, 0.5) is 0 Å². The maximum atomic E-state index is 12.7. The number of carbonyl (C=O) groups is 1. The summed E-state index contributed by atoms with van der Waals surface area (Å²) in [6.45, 7) is 7.17. The number of carbonyl (C=O) groups excluding carboxylic acids is 1. The molecule has 0 unspecified atom stereocenters. The Bertz CT molecular complexity index is 899.